The van der Waals surface area contributed by atoms with Crippen LogP contribution in [-0.2, 0) is 11.2 Å². The first-order valence-corrected chi connectivity index (χ1v) is 6.90. The van der Waals surface area contributed by atoms with Gasteiger partial charge in [0.2, 0.25) is 0 Å². The van der Waals surface area contributed by atoms with Crippen molar-refractivity contribution in [1.29, 1.82) is 0 Å². The lowest BCUT2D eigenvalue weighted by molar-refractivity contribution is -0.121. The number of Topliss-reactive ketones (excluding diaryl/α,β-unsaturated/α-hetero) is 1. The molecule has 0 aliphatic carbocycles. The minimum absolute atomic E-state index is 0.0885. The standard InChI is InChI=1S/C14H18OS/c1-14(10-5-11-16-14)13(15)9-8-12-6-3-2-4-7-12/h2-4,6-7H,5,8-11H2,1H3. The van der Waals surface area contributed by atoms with Crippen molar-refractivity contribution < 1.29 is 4.79 Å². The molecule has 2 rings (SSSR count). The number of thioether (sulfide) groups is 1. The largest absolute Gasteiger partial charge is 0.298 e. The molecular weight excluding hydrogens is 216 g/mol. The van der Waals surface area contributed by atoms with Gasteiger partial charge in [-0.05, 0) is 37.5 Å². The molecular formula is C14H18OS. The molecule has 1 aliphatic heterocycles. The molecule has 16 heavy (non-hydrogen) atoms. The quantitative estimate of drug-likeness (QED) is 0.793. The van der Waals surface area contributed by atoms with Gasteiger partial charge in [-0.25, -0.2) is 0 Å². The summed E-state index contributed by atoms with van der Waals surface area (Å²) in [6.07, 6.45) is 3.83. The highest BCUT2D eigenvalue weighted by molar-refractivity contribution is 8.01. The molecule has 1 aromatic carbocycles. The van der Waals surface area contributed by atoms with Gasteiger partial charge < -0.3 is 0 Å². The van der Waals surface area contributed by atoms with E-state index in [0.717, 1.165) is 18.6 Å². The van der Waals surface area contributed by atoms with E-state index >= 15 is 0 Å². The minimum atomic E-state index is -0.0885. The molecule has 1 atom stereocenters. The van der Waals surface area contributed by atoms with Gasteiger partial charge in [0.05, 0.1) is 4.75 Å². The molecule has 1 unspecified atom stereocenters. The third-order valence-electron chi connectivity index (χ3n) is 3.29. The molecule has 0 radical (unpaired) electrons. The van der Waals surface area contributed by atoms with Crippen molar-refractivity contribution in [2.45, 2.75) is 37.4 Å². The zero-order valence-electron chi connectivity index (χ0n) is 9.74. The minimum Gasteiger partial charge on any atom is -0.298 e. The Morgan fingerprint density at radius 2 is 2.12 bits per heavy atom. The van der Waals surface area contributed by atoms with Crippen LogP contribution in [-0.4, -0.2) is 16.3 Å². The number of carbonyl (C=O) groups excluding carboxylic acids is 1. The monoisotopic (exact) mass is 234 g/mol. The molecule has 86 valence electrons. The van der Waals surface area contributed by atoms with Gasteiger partial charge in [0.25, 0.3) is 0 Å². The molecule has 0 aromatic heterocycles. The fourth-order valence-electron chi connectivity index (χ4n) is 2.17. The van der Waals surface area contributed by atoms with Crippen LogP contribution in [0.15, 0.2) is 30.3 Å². The maximum atomic E-state index is 12.1. The van der Waals surface area contributed by atoms with Gasteiger partial charge in [-0.15, -0.1) is 11.8 Å². The van der Waals surface area contributed by atoms with Gasteiger partial charge in [-0.1, -0.05) is 30.3 Å². The van der Waals surface area contributed by atoms with Gasteiger partial charge in [-0.3, -0.25) is 4.79 Å². The Morgan fingerprint density at radius 3 is 2.75 bits per heavy atom. The number of aryl methyl sites for hydroxylation is 1. The van der Waals surface area contributed by atoms with E-state index in [9.17, 15) is 4.79 Å². The lowest BCUT2D eigenvalue weighted by Crippen LogP contribution is -2.28. The lowest BCUT2D eigenvalue weighted by atomic mass is 9.95. The van der Waals surface area contributed by atoms with Crippen molar-refractivity contribution in [1.82, 2.24) is 0 Å². The molecule has 0 N–H and O–H groups in total. The van der Waals surface area contributed by atoms with Crippen LogP contribution >= 0.6 is 11.8 Å². The first-order valence-electron chi connectivity index (χ1n) is 5.92. The van der Waals surface area contributed by atoms with Crippen molar-refractivity contribution in [3.8, 4) is 0 Å². The Bertz CT molecular complexity index is 352. The summed E-state index contributed by atoms with van der Waals surface area (Å²) in [5, 5.41) is 0. The second kappa shape index (κ2) is 5.05. The highest BCUT2D eigenvalue weighted by atomic mass is 32.2. The summed E-state index contributed by atoms with van der Waals surface area (Å²) < 4.78 is -0.0885. The fraction of sp³-hybridized carbons (Fsp3) is 0.500. The first kappa shape index (κ1) is 11.7. The van der Waals surface area contributed by atoms with E-state index in [1.807, 2.05) is 30.0 Å². The van der Waals surface area contributed by atoms with Gasteiger partial charge in [0.1, 0.15) is 5.78 Å². The predicted octanol–water partition coefficient (Wildman–Crippen LogP) is 3.47. The molecule has 1 nitrogen and oxygen atoms in total. The summed E-state index contributed by atoms with van der Waals surface area (Å²) in [5.41, 5.74) is 1.27. The molecule has 1 saturated heterocycles. The molecule has 1 fully saturated rings. The van der Waals surface area contributed by atoms with Crippen LogP contribution in [0.2, 0.25) is 0 Å². The Kier molecular flexibility index (Phi) is 3.70. The van der Waals surface area contributed by atoms with Crippen molar-refractivity contribution >= 4 is 17.5 Å². The van der Waals surface area contributed by atoms with Crippen LogP contribution in [0.3, 0.4) is 0 Å². The van der Waals surface area contributed by atoms with E-state index < -0.39 is 0 Å². The Balaban J connectivity index is 1.89. The Hall–Kier alpha value is -0.760. The number of rotatable bonds is 4. The zero-order valence-corrected chi connectivity index (χ0v) is 10.6. The zero-order chi connectivity index (χ0) is 11.4. The van der Waals surface area contributed by atoms with Crippen molar-refractivity contribution in [2.75, 3.05) is 5.75 Å². The number of carbonyl (C=O) groups is 1. The van der Waals surface area contributed by atoms with E-state index in [-0.39, 0.29) is 4.75 Å². The average Bonchev–Trinajstić information content (AvgIpc) is 2.76. The first-order chi connectivity index (χ1) is 7.71. The molecule has 0 bridgehead atoms. The third kappa shape index (κ3) is 2.67. The van der Waals surface area contributed by atoms with Gasteiger partial charge in [0, 0.05) is 6.42 Å². The SMILES string of the molecule is CC1(C(=O)CCc2ccccc2)CCCS1. The number of ketones is 1. The van der Waals surface area contributed by atoms with E-state index in [0.29, 0.717) is 12.2 Å². The molecule has 1 aliphatic rings. The smallest absolute Gasteiger partial charge is 0.148 e. The molecule has 0 spiro atoms. The summed E-state index contributed by atoms with van der Waals surface area (Å²) in [5.74, 6) is 1.58. The average molecular weight is 234 g/mol. The number of benzene rings is 1. The predicted molar refractivity (Wildman–Crippen MR) is 69.9 cm³/mol. The highest BCUT2D eigenvalue weighted by Gasteiger charge is 2.36. The Morgan fingerprint density at radius 1 is 1.38 bits per heavy atom. The van der Waals surface area contributed by atoms with Crippen LogP contribution in [0.25, 0.3) is 0 Å². The summed E-state index contributed by atoms with van der Waals surface area (Å²) in [6, 6.07) is 10.3. The summed E-state index contributed by atoms with van der Waals surface area (Å²) >= 11 is 1.84. The van der Waals surface area contributed by atoms with Gasteiger partial charge in [-0.2, -0.15) is 0 Å². The molecule has 1 aromatic rings. The van der Waals surface area contributed by atoms with Gasteiger partial charge in [0.15, 0.2) is 0 Å². The summed E-state index contributed by atoms with van der Waals surface area (Å²) in [7, 11) is 0. The fourth-order valence-corrected chi connectivity index (χ4v) is 3.46. The lowest BCUT2D eigenvalue weighted by Gasteiger charge is -2.20. The summed E-state index contributed by atoms with van der Waals surface area (Å²) in [6.45, 7) is 2.11. The third-order valence-corrected chi connectivity index (χ3v) is 4.85. The van der Waals surface area contributed by atoms with Crippen LogP contribution in [0.5, 0.6) is 0 Å². The van der Waals surface area contributed by atoms with Crippen molar-refractivity contribution in [3.63, 3.8) is 0 Å². The second-order valence-electron chi connectivity index (χ2n) is 4.59. The Labute approximate surface area is 102 Å². The van der Waals surface area contributed by atoms with E-state index in [2.05, 4.69) is 19.1 Å². The van der Waals surface area contributed by atoms with Crippen LogP contribution < -0.4 is 0 Å². The molecule has 0 amide bonds. The normalized spacial score (nSPS) is 24.6. The van der Waals surface area contributed by atoms with E-state index in [1.54, 1.807) is 0 Å². The molecule has 1 heterocycles. The number of hydrogen-bond acceptors (Lipinski definition) is 2. The topological polar surface area (TPSA) is 17.1 Å². The number of hydrogen-bond donors (Lipinski definition) is 0. The van der Waals surface area contributed by atoms with E-state index in [1.165, 1.54) is 12.0 Å². The van der Waals surface area contributed by atoms with Crippen molar-refractivity contribution in [3.05, 3.63) is 35.9 Å². The maximum absolute atomic E-state index is 12.1. The van der Waals surface area contributed by atoms with Crippen LogP contribution in [0.4, 0.5) is 0 Å². The van der Waals surface area contributed by atoms with Gasteiger partial charge >= 0.3 is 0 Å². The van der Waals surface area contributed by atoms with E-state index in [4.69, 9.17) is 0 Å². The van der Waals surface area contributed by atoms with Crippen LogP contribution in [0, 0.1) is 0 Å². The molecule has 2 heteroatoms. The maximum Gasteiger partial charge on any atom is 0.148 e. The summed E-state index contributed by atoms with van der Waals surface area (Å²) in [4.78, 5) is 12.1. The highest BCUT2D eigenvalue weighted by Crippen LogP contribution is 2.39. The second-order valence-corrected chi connectivity index (χ2v) is 6.19. The molecule has 0 saturated carbocycles. The van der Waals surface area contributed by atoms with Crippen LogP contribution in [0.1, 0.15) is 31.7 Å². The van der Waals surface area contributed by atoms with Crippen molar-refractivity contribution in [2.24, 2.45) is 0 Å².